The monoisotopic (exact) mass is 634 g/mol. The molecule has 242 valence electrons. The molecule has 4 N–H and O–H groups in total. The Labute approximate surface area is 272 Å². The number of imidazole rings is 1. The van der Waals surface area contributed by atoms with Crippen LogP contribution in [0.15, 0.2) is 103 Å². The fraction of sp³-hybridized carbons (Fsp3) is 0.270. The van der Waals surface area contributed by atoms with E-state index in [4.69, 9.17) is 14.7 Å². The third-order valence-corrected chi connectivity index (χ3v) is 8.41. The highest BCUT2D eigenvalue weighted by Crippen LogP contribution is 2.39. The van der Waals surface area contributed by atoms with E-state index in [9.17, 15) is 14.7 Å². The number of aliphatic hydroxyl groups is 1. The number of aliphatic hydroxyl groups excluding tert-OH is 1. The van der Waals surface area contributed by atoms with Crippen molar-refractivity contribution in [1.29, 1.82) is 0 Å². The molecule has 1 aromatic heterocycles. The molecular formula is C37H38N4O6. The Bertz CT molecular complexity index is 1800. The lowest BCUT2D eigenvalue weighted by atomic mass is 9.99. The van der Waals surface area contributed by atoms with Gasteiger partial charge in [-0.3, -0.25) is 14.8 Å². The molecule has 6 rings (SSSR count). The number of hydrogen-bond donors (Lipinski definition) is 4. The minimum atomic E-state index is -0.579. The zero-order valence-corrected chi connectivity index (χ0v) is 25.9. The molecule has 2 heterocycles. The summed E-state index contributed by atoms with van der Waals surface area (Å²) in [5.41, 5.74) is 9.35. The van der Waals surface area contributed by atoms with E-state index in [-0.39, 0.29) is 37.6 Å². The summed E-state index contributed by atoms with van der Waals surface area (Å²) >= 11 is 0. The molecule has 1 aliphatic rings. The molecule has 1 fully saturated rings. The van der Waals surface area contributed by atoms with Crippen molar-refractivity contribution in [3.05, 3.63) is 126 Å². The van der Waals surface area contributed by atoms with Crippen LogP contribution in [-0.2, 0) is 38.8 Å². The van der Waals surface area contributed by atoms with Gasteiger partial charge in [0.15, 0.2) is 6.29 Å². The highest BCUT2D eigenvalue weighted by Gasteiger charge is 2.32. The van der Waals surface area contributed by atoms with Gasteiger partial charge in [-0.2, -0.15) is 0 Å². The molecule has 47 heavy (non-hydrogen) atoms. The summed E-state index contributed by atoms with van der Waals surface area (Å²) in [6.07, 6.45) is 2.27. The van der Waals surface area contributed by atoms with Gasteiger partial charge >= 0.3 is 0 Å². The number of benzene rings is 4. The molecule has 0 saturated carbocycles. The van der Waals surface area contributed by atoms with Gasteiger partial charge in [-0.05, 0) is 52.4 Å². The van der Waals surface area contributed by atoms with Crippen LogP contribution in [0.3, 0.4) is 0 Å². The minimum absolute atomic E-state index is 0.00878. The summed E-state index contributed by atoms with van der Waals surface area (Å²) in [5.74, 6) is -0.658. The first-order chi connectivity index (χ1) is 23.0. The van der Waals surface area contributed by atoms with Crippen molar-refractivity contribution >= 4 is 22.8 Å². The van der Waals surface area contributed by atoms with E-state index in [0.717, 1.165) is 44.4 Å². The Morgan fingerprint density at radius 1 is 0.830 bits per heavy atom. The van der Waals surface area contributed by atoms with Crippen molar-refractivity contribution in [3.8, 4) is 11.1 Å². The van der Waals surface area contributed by atoms with Crippen LogP contribution in [0, 0.1) is 0 Å². The van der Waals surface area contributed by atoms with E-state index in [0.29, 0.717) is 25.9 Å². The molecule has 1 aliphatic heterocycles. The Kier molecular flexibility index (Phi) is 10.3. The number of hydroxylamine groups is 1. The molecule has 3 atom stereocenters. The van der Waals surface area contributed by atoms with E-state index in [1.54, 1.807) is 5.48 Å². The van der Waals surface area contributed by atoms with Crippen molar-refractivity contribution in [1.82, 2.24) is 20.3 Å². The number of aromatic nitrogens is 2. The summed E-state index contributed by atoms with van der Waals surface area (Å²) in [6.45, 7) is 0.991. The number of carbonyl (C=O) groups excluding carboxylic acids is 2. The van der Waals surface area contributed by atoms with Gasteiger partial charge in [0.2, 0.25) is 11.8 Å². The van der Waals surface area contributed by atoms with Gasteiger partial charge in [0.05, 0.1) is 42.7 Å². The lowest BCUT2D eigenvalue weighted by molar-refractivity contribution is -0.252. The van der Waals surface area contributed by atoms with Gasteiger partial charge in [-0.1, -0.05) is 78.9 Å². The second-order valence-electron chi connectivity index (χ2n) is 11.7. The topological polar surface area (TPSA) is 135 Å². The maximum atomic E-state index is 12.2. The van der Waals surface area contributed by atoms with Gasteiger partial charge in [-0.25, -0.2) is 10.5 Å². The zero-order valence-electron chi connectivity index (χ0n) is 25.9. The lowest BCUT2D eigenvalue weighted by Gasteiger charge is -2.36. The average molecular weight is 635 g/mol. The highest BCUT2D eigenvalue weighted by atomic mass is 16.7. The number of hydrogen-bond acceptors (Lipinski definition) is 7. The van der Waals surface area contributed by atoms with Crippen LogP contribution in [0.25, 0.3) is 22.2 Å². The Balaban J connectivity index is 1.15. The summed E-state index contributed by atoms with van der Waals surface area (Å²) in [7, 11) is 0. The van der Waals surface area contributed by atoms with E-state index >= 15 is 0 Å². The van der Waals surface area contributed by atoms with E-state index in [1.165, 1.54) is 0 Å². The molecule has 4 aromatic carbocycles. The van der Waals surface area contributed by atoms with Gasteiger partial charge < -0.3 is 24.5 Å². The maximum Gasteiger partial charge on any atom is 0.243 e. The van der Waals surface area contributed by atoms with Gasteiger partial charge in [0.1, 0.15) is 0 Å². The number of nitrogens with zero attached hydrogens (tertiary/aromatic N) is 2. The smallest absolute Gasteiger partial charge is 0.243 e. The molecule has 5 aromatic rings. The fourth-order valence-electron chi connectivity index (χ4n) is 5.86. The second kappa shape index (κ2) is 15.1. The van der Waals surface area contributed by atoms with Gasteiger partial charge in [0.25, 0.3) is 0 Å². The third-order valence-electron chi connectivity index (χ3n) is 8.41. The first-order valence-electron chi connectivity index (χ1n) is 15.8. The van der Waals surface area contributed by atoms with Crippen molar-refractivity contribution in [2.75, 3.05) is 0 Å². The first-order valence-corrected chi connectivity index (χ1v) is 15.8. The van der Waals surface area contributed by atoms with Crippen LogP contribution in [0.5, 0.6) is 0 Å². The summed E-state index contributed by atoms with van der Waals surface area (Å²) < 4.78 is 15.3. The predicted octanol–water partition coefficient (Wildman–Crippen LogP) is 5.73. The van der Waals surface area contributed by atoms with Crippen molar-refractivity contribution in [2.24, 2.45) is 0 Å². The van der Waals surface area contributed by atoms with Crippen molar-refractivity contribution < 1.29 is 29.4 Å². The third kappa shape index (κ3) is 8.11. The van der Waals surface area contributed by atoms with Gasteiger partial charge in [-0.15, -0.1) is 0 Å². The molecular weight excluding hydrogens is 596 g/mol. The molecule has 3 unspecified atom stereocenters. The molecule has 0 radical (unpaired) electrons. The SMILES string of the molecule is O=C(CCCC(=O)NCc1cccc(-c2ccc(C3OC(Cn4cnc5ccccc54)CC(c4ccc(CO)cc4)O3)cc2)c1)NO. The second-order valence-corrected chi connectivity index (χ2v) is 11.7. The molecule has 0 spiro atoms. The van der Waals surface area contributed by atoms with E-state index in [1.807, 2.05) is 97.3 Å². The molecule has 0 bridgehead atoms. The molecule has 2 amide bonds. The van der Waals surface area contributed by atoms with Crippen molar-refractivity contribution in [2.45, 2.75) is 63.9 Å². The normalized spacial score (nSPS) is 17.8. The highest BCUT2D eigenvalue weighted by molar-refractivity contribution is 5.78. The Hall–Kier alpha value is -4.87. The first kappa shape index (κ1) is 32.1. The standard InChI is InChI=1S/C37H38N4O6/c42-23-25-11-13-28(14-12-25)34-20-31(22-41-24-39-32-7-1-2-8-33(32)41)46-37(47-34)29-17-15-27(16-18-29)30-6-3-5-26(19-30)21-38-35(43)9-4-10-36(44)40-45/h1-3,5-8,11-19,24,31,34,37,42,45H,4,9-10,20-23H2,(H,38,43)(H,40,44). The summed E-state index contributed by atoms with van der Waals surface area (Å²) in [4.78, 5) is 27.9. The zero-order chi connectivity index (χ0) is 32.6. The van der Waals surface area contributed by atoms with Crippen LogP contribution in [0.1, 0.15) is 60.3 Å². The fourth-order valence-corrected chi connectivity index (χ4v) is 5.86. The van der Waals surface area contributed by atoms with E-state index < -0.39 is 12.2 Å². The number of fused-ring (bicyclic) bond motifs is 1. The quantitative estimate of drug-likeness (QED) is 0.102. The average Bonchev–Trinajstić information content (AvgIpc) is 3.53. The Morgan fingerprint density at radius 2 is 1.60 bits per heavy atom. The van der Waals surface area contributed by atoms with Crippen LogP contribution in [-0.4, -0.2) is 37.8 Å². The molecule has 10 nitrogen and oxygen atoms in total. The number of carbonyl (C=O) groups is 2. The van der Waals surface area contributed by atoms with Crippen LogP contribution >= 0.6 is 0 Å². The molecule has 10 heteroatoms. The number of rotatable bonds is 12. The van der Waals surface area contributed by atoms with Crippen LogP contribution in [0.4, 0.5) is 0 Å². The van der Waals surface area contributed by atoms with Crippen molar-refractivity contribution in [3.63, 3.8) is 0 Å². The maximum absolute atomic E-state index is 12.2. The number of nitrogens with one attached hydrogen (secondary N) is 2. The lowest BCUT2D eigenvalue weighted by Crippen LogP contribution is -2.32. The number of amides is 2. The van der Waals surface area contributed by atoms with Gasteiger partial charge in [0, 0.05) is 31.4 Å². The van der Waals surface area contributed by atoms with Crippen LogP contribution < -0.4 is 10.8 Å². The molecule has 0 aliphatic carbocycles. The molecule has 1 saturated heterocycles. The number of ether oxygens (including phenoxy) is 2. The number of para-hydroxylation sites is 2. The predicted molar refractivity (Wildman–Crippen MR) is 176 cm³/mol. The largest absolute Gasteiger partial charge is 0.392 e. The van der Waals surface area contributed by atoms with Crippen LogP contribution in [0.2, 0.25) is 0 Å². The Morgan fingerprint density at radius 3 is 2.38 bits per heavy atom. The minimum Gasteiger partial charge on any atom is -0.392 e. The summed E-state index contributed by atoms with van der Waals surface area (Å²) in [6, 6.07) is 32.1. The summed E-state index contributed by atoms with van der Waals surface area (Å²) in [5, 5.41) is 21.0. The van der Waals surface area contributed by atoms with E-state index in [2.05, 4.69) is 20.9 Å².